The molecule has 0 saturated carbocycles. The minimum Gasteiger partial charge on any atom is -0.369 e. The number of hydrogen-bond acceptors (Lipinski definition) is 3. The van der Waals surface area contributed by atoms with Crippen molar-refractivity contribution in [1.82, 2.24) is 19.4 Å². The van der Waals surface area contributed by atoms with Gasteiger partial charge in [0.1, 0.15) is 11.5 Å². The zero-order valence-electron chi connectivity index (χ0n) is 15.2. The van der Waals surface area contributed by atoms with E-state index in [1.54, 1.807) is 6.34 Å². The number of fused-ring (bicyclic) bond motifs is 1. The number of aliphatic imine (C=N–C) groups is 1. The van der Waals surface area contributed by atoms with E-state index in [4.69, 9.17) is 18.0 Å². The largest absolute Gasteiger partial charge is 0.369 e. The molecule has 6 heteroatoms. The first-order chi connectivity index (χ1) is 12.4. The molecule has 3 aromatic rings. The fourth-order valence-corrected chi connectivity index (χ4v) is 2.85. The van der Waals surface area contributed by atoms with Crippen molar-refractivity contribution >= 4 is 34.8 Å². The molecular formula is C20H20ClN5. The summed E-state index contributed by atoms with van der Waals surface area (Å²) < 4.78 is 1.99. The Labute approximate surface area is 158 Å². The second-order valence-corrected chi connectivity index (χ2v) is 6.74. The Kier molecular flexibility index (Phi) is 4.97. The van der Waals surface area contributed by atoms with Crippen molar-refractivity contribution in [2.45, 2.75) is 19.9 Å². The molecule has 0 fully saturated rings. The summed E-state index contributed by atoms with van der Waals surface area (Å²) in [6, 6.07) is 7.53. The quantitative estimate of drug-likeness (QED) is 0.389. The molecule has 1 unspecified atom stereocenters. The lowest BCUT2D eigenvalue weighted by atomic mass is 10.1. The van der Waals surface area contributed by atoms with Crippen molar-refractivity contribution in [3.05, 3.63) is 41.3 Å². The van der Waals surface area contributed by atoms with Crippen LogP contribution in [0.15, 0.2) is 35.5 Å². The average molecular weight is 366 g/mol. The van der Waals surface area contributed by atoms with Gasteiger partial charge in [0.2, 0.25) is 0 Å². The van der Waals surface area contributed by atoms with E-state index in [0.29, 0.717) is 16.7 Å². The van der Waals surface area contributed by atoms with E-state index in [1.807, 2.05) is 67.9 Å². The van der Waals surface area contributed by atoms with Crippen molar-refractivity contribution in [2.75, 3.05) is 14.1 Å². The summed E-state index contributed by atoms with van der Waals surface area (Å²) in [6.07, 6.45) is 9.42. The van der Waals surface area contributed by atoms with Gasteiger partial charge in [-0.3, -0.25) is 0 Å². The van der Waals surface area contributed by atoms with E-state index in [1.165, 1.54) is 0 Å². The predicted molar refractivity (Wildman–Crippen MR) is 108 cm³/mol. The summed E-state index contributed by atoms with van der Waals surface area (Å²) in [5.41, 5.74) is 2.76. The molecule has 26 heavy (non-hydrogen) atoms. The monoisotopic (exact) mass is 365 g/mol. The smallest absolute Gasteiger partial charge is 0.167 e. The van der Waals surface area contributed by atoms with Crippen molar-refractivity contribution in [1.29, 1.82) is 0 Å². The highest BCUT2D eigenvalue weighted by Gasteiger charge is 2.19. The third kappa shape index (κ3) is 3.42. The Balaban J connectivity index is 2.36. The molecule has 3 rings (SSSR count). The van der Waals surface area contributed by atoms with Crippen LogP contribution in [0, 0.1) is 19.3 Å². The Morgan fingerprint density at radius 1 is 1.27 bits per heavy atom. The molecule has 0 saturated heterocycles. The van der Waals surface area contributed by atoms with Crippen molar-refractivity contribution < 1.29 is 0 Å². The van der Waals surface area contributed by atoms with Gasteiger partial charge in [-0.05, 0) is 31.5 Å². The van der Waals surface area contributed by atoms with Gasteiger partial charge in [0.15, 0.2) is 5.82 Å². The van der Waals surface area contributed by atoms with E-state index >= 15 is 0 Å². The molecule has 132 valence electrons. The van der Waals surface area contributed by atoms with Gasteiger partial charge in [-0.25, -0.2) is 15.0 Å². The van der Waals surface area contributed by atoms with Crippen molar-refractivity contribution in [3.8, 4) is 23.5 Å². The maximum Gasteiger partial charge on any atom is 0.167 e. The number of nitrogens with zero attached hydrogens (tertiary/aromatic N) is 5. The van der Waals surface area contributed by atoms with Gasteiger partial charge >= 0.3 is 0 Å². The van der Waals surface area contributed by atoms with E-state index < -0.39 is 0 Å². The summed E-state index contributed by atoms with van der Waals surface area (Å²) >= 11 is 6.05. The van der Waals surface area contributed by atoms with Crippen LogP contribution >= 0.6 is 11.6 Å². The third-order valence-electron chi connectivity index (χ3n) is 3.99. The van der Waals surface area contributed by atoms with Crippen LogP contribution in [-0.2, 0) is 0 Å². The molecule has 0 radical (unpaired) electrons. The Bertz CT molecular complexity index is 1010. The number of aryl methyl sites for hydroxylation is 1. The normalized spacial score (nSPS) is 12.5. The molecule has 0 aliphatic carbocycles. The van der Waals surface area contributed by atoms with Gasteiger partial charge < -0.3 is 9.47 Å². The number of aromatic nitrogens is 3. The topological polar surface area (TPSA) is 46.3 Å². The van der Waals surface area contributed by atoms with Gasteiger partial charge in [-0.1, -0.05) is 29.7 Å². The molecule has 0 spiro atoms. The van der Waals surface area contributed by atoms with Crippen LogP contribution in [0.1, 0.15) is 18.8 Å². The fraction of sp³-hybridized carbons (Fsp3) is 0.250. The van der Waals surface area contributed by atoms with Crippen LogP contribution in [0.25, 0.3) is 22.2 Å². The highest BCUT2D eigenvalue weighted by atomic mass is 35.5. The molecule has 1 aromatic carbocycles. The maximum absolute atomic E-state index is 6.05. The second kappa shape index (κ2) is 7.19. The Morgan fingerprint density at radius 2 is 1.96 bits per heavy atom. The molecule has 0 amide bonds. The minimum absolute atomic E-state index is 0.140. The number of hydrogen-bond donors (Lipinski definition) is 0. The van der Waals surface area contributed by atoms with E-state index in [2.05, 4.69) is 20.9 Å². The molecule has 0 aliphatic rings. The molecule has 2 aromatic heterocycles. The Morgan fingerprint density at radius 3 is 2.58 bits per heavy atom. The van der Waals surface area contributed by atoms with Gasteiger partial charge in [0.05, 0.1) is 17.8 Å². The minimum atomic E-state index is -0.140. The van der Waals surface area contributed by atoms with Crippen molar-refractivity contribution in [2.24, 2.45) is 4.99 Å². The zero-order valence-corrected chi connectivity index (χ0v) is 16.0. The van der Waals surface area contributed by atoms with E-state index in [9.17, 15) is 0 Å². The number of rotatable bonds is 4. The first kappa shape index (κ1) is 18.0. The first-order valence-corrected chi connectivity index (χ1v) is 8.60. The van der Waals surface area contributed by atoms with Gasteiger partial charge in [-0.15, -0.1) is 6.42 Å². The molecule has 5 nitrogen and oxygen atoms in total. The molecule has 2 heterocycles. The highest BCUT2D eigenvalue weighted by Crippen LogP contribution is 2.37. The molecule has 0 aliphatic heterocycles. The van der Waals surface area contributed by atoms with Crippen LogP contribution in [0.2, 0.25) is 5.02 Å². The molecule has 0 N–H and O–H groups in total. The summed E-state index contributed by atoms with van der Waals surface area (Å²) in [6.45, 7) is 3.82. The maximum atomic E-state index is 6.05. The number of benzene rings is 1. The van der Waals surface area contributed by atoms with Crippen LogP contribution in [-0.4, -0.2) is 39.9 Å². The van der Waals surface area contributed by atoms with E-state index in [0.717, 1.165) is 22.2 Å². The highest BCUT2D eigenvalue weighted by molar-refractivity contribution is 6.30. The molecule has 0 bridgehead atoms. The second-order valence-electron chi connectivity index (χ2n) is 6.30. The molecular weight excluding hydrogens is 346 g/mol. The SMILES string of the molecule is C#CC(C)n1cc(-c2ccc(Cl)cc2)c2c(/N=C\N(C)C)nc(C)nc21. The van der Waals surface area contributed by atoms with Gasteiger partial charge in [0.25, 0.3) is 0 Å². The summed E-state index contributed by atoms with van der Waals surface area (Å²) in [5.74, 6) is 4.04. The average Bonchev–Trinajstić information content (AvgIpc) is 2.99. The first-order valence-electron chi connectivity index (χ1n) is 8.22. The summed E-state index contributed by atoms with van der Waals surface area (Å²) in [4.78, 5) is 15.6. The van der Waals surface area contributed by atoms with Crippen LogP contribution in [0.3, 0.4) is 0 Å². The van der Waals surface area contributed by atoms with Gasteiger partial charge in [0, 0.05) is 30.9 Å². The van der Waals surface area contributed by atoms with Gasteiger partial charge in [-0.2, -0.15) is 0 Å². The number of terminal acetylenes is 1. The molecule has 1 atom stereocenters. The van der Waals surface area contributed by atoms with E-state index in [-0.39, 0.29) is 6.04 Å². The summed E-state index contributed by atoms with van der Waals surface area (Å²) in [7, 11) is 3.83. The lowest BCUT2D eigenvalue weighted by Gasteiger charge is -2.08. The van der Waals surface area contributed by atoms with Crippen LogP contribution < -0.4 is 0 Å². The summed E-state index contributed by atoms with van der Waals surface area (Å²) in [5, 5.41) is 1.56. The predicted octanol–water partition coefficient (Wildman–Crippen LogP) is 4.48. The Hall–Kier alpha value is -2.84. The fourth-order valence-electron chi connectivity index (χ4n) is 2.72. The lowest BCUT2D eigenvalue weighted by Crippen LogP contribution is -2.07. The van der Waals surface area contributed by atoms with Crippen LogP contribution in [0.5, 0.6) is 0 Å². The number of halogens is 1. The lowest BCUT2D eigenvalue weighted by molar-refractivity contribution is 0.643. The zero-order chi connectivity index (χ0) is 18.8. The van der Waals surface area contributed by atoms with Crippen molar-refractivity contribution in [3.63, 3.8) is 0 Å². The third-order valence-corrected chi connectivity index (χ3v) is 4.24. The standard InChI is InChI=1S/C20H20ClN5/c1-6-13(2)26-11-17(15-7-9-16(21)10-8-15)18-19(22-12-25(4)5)23-14(3)24-20(18)26/h1,7-13H,2-5H3/b22-12-. The van der Waals surface area contributed by atoms with Crippen LogP contribution in [0.4, 0.5) is 5.82 Å².